The first-order chi connectivity index (χ1) is 9.75. The number of benzene rings is 1. The molecule has 2 heterocycles. The van der Waals surface area contributed by atoms with Gasteiger partial charge in [0.25, 0.3) is 0 Å². The van der Waals surface area contributed by atoms with Crippen molar-refractivity contribution in [2.75, 3.05) is 32.8 Å². The van der Waals surface area contributed by atoms with Crippen molar-refractivity contribution >= 4 is 11.0 Å². The molecule has 106 valence electrons. The molecule has 0 aliphatic carbocycles. The van der Waals surface area contributed by atoms with E-state index in [9.17, 15) is 9.59 Å². The SMILES string of the molecule is O=c1[nH]c2ccccc2n(CCN2CCOCC2)c1=O. The highest BCUT2D eigenvalue weighted by Gasteiger charge is 2.12. The van der Waals surface area contributed by atoms with Crippen LogP contribution in [-0.4, -0.2) is 47.3 Å². The zero-order valence-electron chi connectivity index (χ0n) is 11.2. The van der Waals surface area contributed by atoms with E-state index in [0.29, 0.717) is 12.1 Å². The molecule has 6 nitrogen and oxygen atoms in total. The van der Waals surface area contributed by atoms with Gasteiger partial charge in [0, 0.05) is 26.2 Å². The zero-order chi connectivity index (χ0) is 13.9. The predicted molar refractivity (Wildman–Crippen MR) is 76.1 cm³/mol. The average Bonchev–Trinajstić information content (AvgIpc) is 2.49. The summed E-state index contributed by atoms with van der Waals surface area (Å²) in [7, 11) is 0. The van der Waals surface area contributed by atoms with Gasteiger partial charge in [-0.25, -0.2) is 0 Å². The summed E-state index contributed by atoms with van der Waals surface area (Å²) in [5.41, 5.74) is 0.409. The Hall–Kier alpha value is -1.92. The van der Waals surface area contributed by atoms with Crippen LogP contribution in [-0.2, 0) is 11.3 Å². The van der Waals surface area contributed by atoms with Crippen molar-refractivity contribution in [3.8, 4) is 0 Å². The third-order valence-corrected chi connectivity index (χ3v) is 3.63. The molecule has 0 radical (unpaired) electrons. The van der Waals surface area contributed by atoms with E-state index in [0.717, 1.165) is 38.4 Å². The van der Waals surface area contributed by atoms with Crippen LogP contribution in [0, 0.1) is 0 Å². The molecule has 1 aliphatic rings. The minimum absolute atomic E-state index is 0.489. The van der Waals surface area contributed by atoms with Crippen LogP contribution >= 0.6 is 0 Å². The Balaban J connectivity index is 1.91. The van der Waals surface area contributed by atoms with Gasteiger partial charge in [-0.2, -0.15) is 0 Å². The average molecular weight is 275 g/mol. The third kappa shape index (κ3) is 2.52. The van der Waals surface area contributed by atoms with E-state index in [-0.39, 0.29) is 0 Å². The van der Waals surface area contributed by atoms with Gasteiger partial charge < -0.3 is 14.3 Å². The lowest BCUT2D eigenvalue weighted by Crippen LogP contribution is -2.42. The van der Waals surface area contributed by atoms with Crippen LogP contribution in [0.4, 0.5) is 0 Å². The molecule has 1 aromatic heterocycles. The second-order valence-electron chi connectivity index (χ2n) is 4.88. The molecular weight excluding hydrogens is 258 g/mol. The van der Waals surface area contributed by atoms with Crippen LogP contribution in [0.15, 0.2) is 33.9 Å². The van der Waals surface area contributed by atoms with Crippen molar-refractivity contribution in [2.24, 2.45) is 0 Å². The van der Waals surface area contributed by atoms with E-state index in [4.69, 9.17) is 4.74 Å². The topological polar surface area (TPSA) is 67.3 Å². The molecule has 0 atom stereocenters. The molecule has 0 amide bonds. The zero-order valence-corrected chi connectivity index (χ0v) is 11.2. The quantitative estimate of drug-likeness (QED) is 0.802. The van der Waals surface area contributed by atoms with E-state index in [1.54, 1.807) is 10.6 Å². The monoisotopic (exact) mass is 275 g/mol. The molecular formula is C14H17N3O3. The number of ether oxygens (including phenoxy) is 1. The van der Waals surface area contributed by atoms with Gasteiger partial charge in [-0.05, 0) is 12.1 Å². The Kier molecular flexibility index (Phi) is 3.66. The van der Waals surface area contributed by atoms with Crippen molar-refractivity contribution in [3.05, 3.63) is 45.0 Å². The second kappa shape index (κ2) is 5.60. The second-order valence-corrected chi connectivity index (χ2v) is 4.88. The molecule has 0 unspecified atom stereocenters. The largest absolute Gasteiger partial charge is 0.379 e. The number of hydrogen-bond acceptors (Lipinski definition) is 4. The van der Waals surface area contributed by atoms with Crippen molar-refractivity contribution in [1.29, 1.82) is 0 Å². The number of hydrogen-bond donors (Lipinski definition) is 1. The maximum atomic E-state index is 12.0. The Labute approximate surface area is 115 Å². The van der Waals surface area contributed by atoms with E-state index >= 15 is 0 Å². The number of nitrogens with one attached hydrogen (secondary N) is 1. The Morgan fingerprint density at radius 2 is 1.85 bits per heavy atom. The minimum Gasteiger partial charge on any atom is -0.379 e. The molecule has 1 N–H and O–H groups in total. The van der Waals surface area contributed by atoms with Crippen molar-refractivity contribution in [2.45, 2.75) is 6.54 Å². The number of fused-ring (bicyclic) bond motifs is 1. The number of morpholine rings is 1. The molecule has 2 aromatic rings. The van der Waals surface area contributed by atoms with Crippen LogP contribution in [0.2, 0.25) is 0 Å². The number of aromatic amines is 1. The molecule has 6 heteroatoms. The normalized spacial score (nSPS) is 16.6. The van der Waals surface area contributed by atoms with Gasteiger partial charge in [-0.15, -0.1) is 0 Å². The lowest BCUT2D eigenvalue weighted by Gasteiger charge is -2.26. The first-order valence-electron chi connectivity index (χ1n) is 6.78. The van der Waals surface area contributed by atoms with Gasteiger partial charge in [0.15, 0.2) is 0 Å². The summed E-state index contributed by atoms with van der Waals surface area (Å²) in [6.07, 6.45) is 0. The van der Waals surface area contributed by atoms with E-state index in [1.165, 1.54) is 0 Å². The summed E-state index contributed by atoms with van der Waals surface area (Å²) in [5, 5.41) is 0. The molecule has 0 saturated carbocycles. The van der Waals surface area contributed by atoms with E-state index < -0.39 is 11.1 Å². The molecule has 0 spiro atoms. The first-order valence-corrected chi connectivity index (χ1v) is 6.78. The molecule has 1 aliphatic heterocycles. The molecule has 1 saturated heterocycles. The maximum Gasteiger partial charge on any atom is 0.316 e. The van der Waals surface area contributed by atoms with Crippen LogP contribution in [0.1, 0.15) is 0 Å². The number of para-hydroxylation sites is 2. The lowest BCUT2D eigenvalue weighted by atomic mass is 10.3. The third-order valence-electron chi connectivity index (χ3n) is 3.63. The highest BCUT2D eigenvalue weighted by Crippen LogP contribution is 2.07. The van der Waals surface area contributed by atoms with Gasteiger partial charge in [0.1, 0.15) is 0 Å². The van der Waals surface area contributed by atoms with Gasteiger partial charge >= 0.3 is 11.1 Å². The van der Waals surface area contributed by atoms with Crippen LogP contribution in [0.5, 0.6) is 0 Å². The van der Waals surface area contributed by atoms with Gasteiger partial charge in [0.05, 0.1) is 24.2 Å². The molecule has 0 bridgehead atoms. The molecule has 1 fully saturated rings. The fraction of sp³-hybridized carbons (Fsp3) is 0.429. The summed E-state index contributed by atoms with van der Waals surface area (Å²) in [6, 6.07) is 7.37. The van der Waals surface area contributed by atoms with Crippen molar-refractivity contribution in [3.63, 3.8) is 0 Å². The maximum absolute atomic E-state index is 12.0. The Bertz CT molecular complexity index is 713. The summed E-state index contributed by atoms with van der Waals surface area (Å²) in [4.78, 5) is 28.6. The number of aromatic nitrogens is 2. The Morgan fingerprint density at radius 1 is 1.10 bits per heavy atom. The fourth-order valence-corrected chi connectivity index (χ4v) is 2.51. The van der Waals surface area contributed by atoms with Crippen molar-refractivity contribution < 1.29 is 4.74 Å². The standard InChI is InChI=1S/C14H17N3O3/c18-13-14(19)17(6-5-16-7-9-20-10-8-16)12-4-2-1-3-11(12)15-13/h1-4H,5-10H2,(H,15,18). The van der Waals surface area contributed by atoms with Crippen molar-refractivity contribution in [1.82, 2.24) is 14.5 Å². The predicted octanol–water partition coefficient (Wildman–Crippen LogP) is 0.0220. The van der Waals surface area contributed by atoms with E-state index in [2.05, 4.69) is 9.88 Å². The van der Waals surface area contributed by atoms with Crippen LogP contribution in [0.25, 0.3) is 11.0 Å². The Morgan fingerprint density at radius 3 is 2.65 bits per heavy atom. The van der Waals surface area contributed by atoms with Gasteiger partial charge in [-0.3, -0.25) is 14.5 Å². The van der Waals surface area contributed by atoms with Crippen LogP contribution in [0.3, 0.4) is 0 Å². The first kappa shape index (κ1) is 13.1. The van der Waals surface area contributed by atoms with Gasteiger partial charge in [0.2, 0.25) is 0 Å². The van der Waals surface area contributed by atoms with Crippen LogP contribution < -0.4 is 11.1 Å². The minimum atomic E-state index is -0.564. The summed E-state index contributed by atoms with van der Waals surface area (Å²) in [6.45, 7) is 4.46. The van der Waals surface area contributed by atoms with Gasteiger partial charge in [-0.1, -0.05) is 12.1 Å². The molecule has 3 rings (SSSR count). The number of H-pyrrole nitrogens is 1. The fourth-order valence-electron chi connectivity index (χ4n) is 2.51. The molecule has 20 heavy (non-hydrogen) atoms. The summed E-state index contributed by atoms with van der Waals surface area (Å²) < 4.78 is 6.86. The highest BCUT2D eigenvalue weighted by atomic mass is 16.5. The number of nitrogens with zero attached hydrogens (tertiary/aromatic N) is 2. The number of rotatable bonds is 3. The summed E-state index contributed by atoms with van der Waals surface area (Å²) >= 11 is 0. The highest BCUT2D eigenvalue weighted by molar-refractivity contribution is 5.74. The smallest absolute Gasteiger partial charge is 0.316 e. The lowest BCUT2D eigenvalue weighted by molar-refractivity contribution is 0.0364. The molecule has 1 aromatic carbocycles. The summed E-state index contributed by atoms with van der Waals surface area (Å²) in [5.74, 6) is 0. The van der Waals surface area contributed by atoms with E-state index in [1.807, 2.05) is 18.2 Å².